The summed E-state index contributed by atoms with van der Waals surface area (Å²) in [4.78, 5) is 10.4. The first-order valence-corrected chi connectivity index (χ1v) is 4.40. The summed E-state index contributed by atoms with van der Waals surface area (Å²) in [6.45, 7) is 11.7. The van der Waals surface area contributed by atoms with E-state index < -0.39 is 0 Å². The molecule has 2 heteroatoms. The standard InChI is InChI=1S/C5H11NO.2C2H6.2CH4/c1-4(2)5(7)6-3;2*1-2;;/h4H,1-3H3,(H,6,7);2*1-2H3;2*1H4. The van der Waals surface area contributed by atoms with Crippen LogP contribution < -0.4 is 5.32 Å². The molecule has 0 bridgehead atoms. The van der Waals surface area contributed by atoms with Gasteiger partial charge in [0.2, 0.25) is 5.91 Å². The monoisotopic (exact) mass is 193 g/mol. The lowest BCUT2D eigenvalue weighted by Crippen LogP contribution is -2.22. The molecule has 0 saturated heterocycles. The molecule has 0 fully saturated rings. The largest absolute Gasteiger partial charge is 0.359 e. The van der Waals surface area contributed by atoms with E-state index in [1.54, 1.807) is 7.05 Å². The minimum Gasteiger partial charge on any atom is -0.359 e. The molecule has 13 heavy (non-hydrogen) atoms. The number of hydrogen-bond acceptors (Lipinski definition) is 1. The Labute approximate surface area is 86.1 Å². The van der Waals surface area contributed by atoms with Crippen molar-refractivity contribution in [1.82, 2.24) is 5.32 Å². The van der Waals surface area contributed by atoms with E-state index in [1.165, 1.54) is 0 Å². The molecule has 0 rings (SSSR count). The van der Waals surface area contributed by atoms with Crippen molar-refractivity contribution in [3.8, 4) is 0 Å². The zero-order valence-corrected chi connectivity index (χ0v) is 8.99. The summed E-state index contributed by atoms with van der Waals surface area (Å²) in [5.74, 6) is 0.213. The third-order valence-electron chi connectivity index (χ3n) is 0.771. The quantitative estimate of drug-likeness (QED) is 0.676. The van der Waals surface area contributed by atoms with Gasteiger partial charge in [-0.05, 0) is 0 Å². The fourth-order valence-electron chi connectivity index (χ4n) is 0.289. The third kappa shape index (κ3) is 34.4. The zero-order chi connectivity index (χ0) is 9.86. The molecule has 0 aliphatic carbocycles. The number of amides is 1. The van der Waals surface area contributed by atoms with Crippen molar-refractivity contribution in [3.63, 3.8) is 0 Å². The number of nitrogens with one attached hydrogen (secondary N) is 1. The molecule has 0 unspecified atom stereocenters. The lowest BCUT2D eigenvalue weighted by Gasteiger charge is -1.98. The van der Waals surface area contributed by atoms with E-state index in [0.29, 0.717) is 0 Å². The first-order valence-electron chi connectivity index (χ1n) is 4.40. The van der Waals surface area contributed by atoms with Gasteiger partial charge in [0.25, 0.3) is 0 Å². The van der Waals surface area contributed by atoms with Gasteiger partial charge in [0, 0.05) is 13.0 Å². The lowest BCUT2D eigenvalue weighted by molar-refractivity contribution is -0.123. The van der Waals surface area contributed by atoms with E-state index in [9.17, 15) is 4.79 Å². The minimum atomic E-state index is 0. The van der Waals surface area contributed by atoms with Crippen LogP contribution in [0.5, 0.6) is 0 Å². The molecular formula is C11H31NO. The third-order valence-corrected chi connectivity index (χ3v) is 0.771. The summed E-state index contributed by atoms with van der Waals surface area (Å²) in [5, 5.41) is 2.53. The van der Waals surface area contributed by atoms with Crippen LogP contribution in [0.1, 0.15) is 56.4 Å². The van der Waals surface area contributed by atoms with Crippen LogP contribution in [0.25, 0.3) is 0 Å². The Morgan fingerprint density at radius 1 is 1.00 bits per heavy atom. The summed E-state index contributed by atoms with van der Waals surface area (Å²) in [7, 11) is 1.64. The Kier molecular flexibility index (Phi) is 67.9. The Morgan fingerprint density at radius 2 is 1.23 bits per heavy atom. The molecule has 0 aromatic rings. The molecule has 0 heterocycles. The SMILES string of the molecule is C.C.CC.CC.CNC(=O)C(C)C. The molecule has 0 radical (unpaired) electrons. The average Bonchev–Trinajstić information content (AvgIpc) is 2.10. The van der Waals surface area contributed by atoms with Gasteiger partial charge in [-0.15, -0.1) is 0 Å². The molecule has 0 saturated carbocycles. The van der Waals surface area contributed by atoms with E-state index in [4.69, 9.17) is 0 Å². The van der Waals surface area contributed by atoms with Gasteiger partial charge in [-0.25, -0.2) is 0 Å². The van der Waals surface area contributed by atoms with Crippen molar-refractivity contribution in [3.05, 3.63) is 0 Å². The molecule has 86 valence electrons. The summed E-state index contributed by atoms with van der Waals surface area (Å²) >= 11 is 0. The second kappa shape index (κ2) is 30.0. The molecular weight excluding hydrogens is 162 g/mol. The summed E-state index contributed by atoms with van der Waals surface area (Å²) in [6.07, 6.45) is 0. The van der Waals surface area contributed by atoms with Crippen molar-refractivity contribution < 1.29 is 4.79 Å². The van der Waals surface area contributed by atoms with Gasteiger partial charge < -0.3 is 5.32 Å². The van der Waals surface area contributed by atoms with Crippen LogP contribution in [-0.2, 0) is 4.79 Å². The first-order chi connectivity index (χ1) is 5.18. The van der Waals surface area contributed by atoms with E-state index in [1.807, 2.05) is 41.5 Å². The number of hydrogen-bond donors (Lipinski definition) is 1. The molecule has 0 aliphatic heterocycles. The number of rotatable bonds is 1. The summed E-state index contributed by atoms with van der Waals surface area (Å²) in [5.41, 5.74) is 0. The number of carbonyl (C=O) groups excluding carboxylic acids is 1. The molecule has 0 atom stereocenters. The predicted molar refractivity (Wildman–Crippen MR) is 65.1 cm³/mol. The van der Waals surface area contributed by atoms with Crippen LogP contribution in [0.2, 0.25) is 0 Å². The van der Waals surface area contributed by atoms with Gasteiger partial charge in [0.1, 0.15) is 0 Å². The smallest absolute Gasteiger partial charge is 0.222 e. The molecule has 1 N–H and O–H groups in total. The van der Waals surface area contributed by atoms with Crippen molar-refractivity contribution in [1.29, 1.82) is 0 Å². The molecule has 0 aromatic heterocycles. The maximum absolute atomic E-state index is 10.4. The van der Waals surface area contributed by atoms with Crippen molar-refractivity contribution >= 4 is 5.91 Å². The topological polar surface area (TPSA) is 29.1 Å². The molecule has 0 spiro atoms. The van der Waals surface area contributed by atoms with Gasteiger partial charge in [-0.3, -0.25) is 4.79 Å². The molecule has 0 aromatic carbocycles. The van der Waals surface area contributed by atoms with Crippen LogP contribution in [0.4, 0.5) is 0 Å². The van der Waals surface area contributed by atoms with Crippen LogP contribution in [-0.4, -0.2) is 13.0 Å². The Hall–Kier alpha value is -0.530. The van der Waals surface area contributed by atoms with E-state index in [0.717, 1.165) is 0 Å². The van der Waals surface area contributed by atoms with Gasteiger partial charge in [-0.1, -0.05) is 56.4 Å². The normalized spacial score (nSPS) is 5.85. The maximum Gasteiger partial charge on any atom is 0.222 e. The Morgan fingerprint density at radius 3 is 1.23 bits per heavy atom. The predicted octanol–water partition coefficient (Wildman–Crippen LogP) is 3.71. The maximum atomic E-state index is 10.4. The fourth-order valence-corrected chi connectivity index (χ4v) is 0.289. The van der Waals surface area contributed by atoms with Crippen molar-refractivity contribution in [2.24, 2.45) is 5.92 Å². The van der Waals surface area contributed by atoms with Crippen LogP contribution in [0.3, 0.4) is 0 Å². The Bertz CT molecular complexity index is 70.5. The highest BCUT2D eigenvalue weighted by Crippen LogP contribution is 1.87. The molecule has 0 aliphatic rings. The fraction of sp³-hybridized carbons (Fsp3) is 0.909. The highest BCUT2D eigenvalue weighted by atomic mass is 16.1. The van der Waals surface area contributed by atoms with Crippen molar-refractivity contribution in [2.75, 3.05) is 7.05 Å². The second-order valence-electron chi connectivity index (χ2n) is 1.77. The van der Waals surface area contributed by atoms with Crippen molar-refractivity contribution in [2.45, 2.75) is 56.4 Å². The van der Waals surface area contributed by atoms with Crippen LogP contribution in [0, 0.1) is 5.92 Å². The highest BCUT2D eigenvalue weighted by Gasteiger charge is 2.00. The van der Waals surface area contributed by atoms with Gasteiger partial charge in [-0.2, -0.15) is 0 Å². The molecule has 2 nitrogen and oxygen atoms in total. The first kappa shape index (κ1) is 29.4. The van der Waals surface area contributed by atoms with E-state index >= 15 is 0 Å². The zero-order valence-electron chi connectivity index (χ0n) is 8.99. The van der Waals surface area contributed by atoms with E-state index in [2.05, 4.69) is 5.32 Å². The lowest BCUT2D eigenvalue weighted by atomic mass is 10.2. The highest BCUT2D eigenvalue weighted by molar-refractivity contribution is 5.77. The summed E-state index contributed by atoms with van der Waals surface area (Å²) in [6, 6.07) is 0. The van der Waals surface area contributed by atoms with Gasteiger partial charge >= 0.3 is 0 Å². The van der Waals surface area contributed by atoms with Crippen LogP contribution in [0.15, 0.2) is 0 Å². The Balaban J connectivity index is -0.0000000315. The second-order valence-corrected chi connectivity index (χ2v) is 1.77. The minimum absolute atomic E-state index is 0. The average molecular weight is 193 g/mol. The summed E-state index contributed by atoms with van der Waals surface area (Å²) < 4.78 is 0. The number of carbonyl (C=O) groups is 1. The van der Waals surface area contributed by atoms with E-state index in [-0.39, 0.29) is 26.7 Å². The van der Waals surface area contributed by atoms with Gasteiger partial charge in [0.05, 0.1) is 0 Å². The van der Waals surface area contributed by atoms with Gasteiger partial charge in [0.15, 0.2) is 0 Å². The molecule has 1 amide bonds. The van der Waals surface area contributed by atoms with Crippen LogP contribution >= 0.6 is 0 Å².